The Kier molecular flexibility index (Phi) is 6.40. The van der Waals surface area contributed by atoms with Gasteiger partial charge in [-0.3, -0.25) is 4.79 Å². The predicted octanol–water partition coefficient (Wildman–Crippen LogP) is 3.76. The molecule has 1 amide bonds. The largest absolute Gasteiger partial charge is 0.433 e. The topological polar surface area (TPSA) is 84.5 Å². The molecule has 2 aromatic carbocycles. The lowest BCUT2D eigenvalue weighted by molar-refractivity contribution is -0.0497. The van der Waals surface area contributed by atoms with Crippen molar-refractivity contribution in [1.29, 1.82) is 0 Å². The fourth-order valence-corrected chi connectivity index (χ4v) is 3.12. The molecule has 0 aliphatic rings. The Morgan fingerprint density at radius 2 is 1.81 bits per heavy atom. The number of nitrogens with one attached hydrogen (secondary N) is 2. The number of carbonyl (C=O) groups is 1. The molecular formula is C15H12Cl2F2N2O4S. The maximum absolute atomic E-state index is 12.4. The summed E-state index contributed by atoms with van der Waals surface area (Å²) in [4.78, 5) is 12.2. The lowest BCUT2D eigenvalue weighted by atomic mass is 10.2. The van der Waals surface area contributed by atoms with Crippen LogP contribution in [-0.4, -0.2) is 28.0 Å². The van der Waals surface area contributed by atoms with Crippen LogP contribution >= 0.6 is 23.2 Å². The van der Waals surface area contributed by atoms with Crippen LogP contribution < -0.4 is 14.8 Å². The molecule has 0 bridgehead atoms. The van der Waals surface area contributed by atoms with Crippen molar-refractivity contribution in [2.45, 2.75) is 11.5 Å². The molecule has 11 heteroatoms. The highest BCUT2D eigenvalue weighted by molar-refractivity contribution is 7.89. The monoisotopic (exact) mass is 424 g/mol. The minimum atomic E-state index is -3.77. The summed E-state index contributed by atoms with van der Waals surface area (Å²) in [5.41, 5.74) is 0.0894. The van der Waals surface area contributed by atoms with Gasteiger partial charge in [0.25, 0.3) is 5.91 Å². The molecule has 0 heterocycles. The van der Waals surface area contributed by atoms with Crippen LogP contribution in [-0.2, 0) is 10.0 Å². The van der Waals surface area contributed by atoms with Gasteiger partial charge in [-0.25, -0.2) is 13.1 Å². The first-order chi connectivity index (χ1) is 12.1. The van der Waals surface area contributed by atoms with Crippen molar-refractivity contribution in [3.63, 3.8) is 0 Å². The minimum Gasteiger partial charge on any atom is -0.433 e. The van der Waals surface area contributed by atoms with E-state index in [1.54, 1.807) is 0 Å². The van der Waals surface area contributed by atoms with E-state index in [9.17, 15) is 22.0 Å². The number of anilines is 1. The van der Waals surface area contributed by atoms with Gasteiger partial charge in [-0.05, 0) is 43.4 Å². The number of sulfonamides is 1. The van der Waals surface area contributed by atoms with Crippen LogP contribution in [0.5, 0.6) is 5.75 Å². The van der Waals surface area contributed by atoms with E-state index < -0.39 is 22.5 Å². The highest BCUT2D eigenvalue weighted by Gasteiger charge is 2.18. The van der Waals surface area contributed by atoms with Crippen molar-refractivity contribution in [2.75, 3.05) is 12.4 Å². The Labute approximate surface area is 158 Å². The summed E-state index contributed by atoms with van der Waals surface area (Å²) >= 11 is 11.8. The van der Waals surface area contributed by atoms with Gasteiger partial charge in [0, 0.05) is 5.69 Å². The van der Waals surface area contributed by atoms with Gasteiger partial charge < -0.3 is 10.1 Å². The molecule has 0 radical (unpaired) electrons. The smallest absolute Gasteiger partial charge is 0.387 e. The van der Waals surface area contributed by atoms with Crippen LogP contribution in [0.15, 0.2) is 41.3 Å². The molecule has 26 heavy (non-hydrogen) atoms. The van der Waals surface area contributed by atoms with Crippen LogP contribution in [0.2, 0.25) is 10.0 Å². The maximum Gasteiger partial charge on any atom is 0.387 e. The summed E-state index contributed by atoms with van der Waals surface area (Å²) in [5.74, 6) is -0.957. The molecule has 140 valence electrons. The van der Waals surface area contributed by atoms with Crippen molar-refractivity contribution in [2.24, 2.45) is 0 Å². The van der Waals surface area contributed by atoms with Crippen molar-refractivity contribution >= 4 is 44.8 Å². The second-order valence-corrected chi connectivity index (χ2v) is 7.53. The second kappa shape index (κ2) is 8.17. The summed E-state index contributed by atoms with van der Waals surface area (Å²) in [6, 6.07) is 7.29. The van der Waals surface area contributed by atoms with Crippen molar-refractivity contribution in [3.05, 3.63) is 52.0 Å². The number of carbonyl (C=O) groups excluding carboxylic acids is 1. The average Bonchev–Trinajstić information content (AvgIpc) is 2.57. The Balaban J connectivity index is 2.28. The number of hydrogen-bond acceptors (Lipinski definition) is 4. The molecule has 0 aliphatic carbocycles. The predicted molar refractivity (Wildman–Crippen MR) is 93.7 cm³/mol. The van der Waals surface area contributed by atoms with Crippen LogP contribution in [0.1, 0.15) is 10.4 Å². The zero-order chi connectivity index (χ0) is 19.5. The molecule has 2 rings (SSSR count). The van der Waals surface area contributed by atoms with Gasteiger partial charge in [0.1, 0.15) is 5.75 Å². The van der Waals surface area contributed by atoms with E-state index in [1.165, 1.54) is 31.3 Å². The van der Waals surface area contributed by atoms with E-state index in [4.69, 9.17) is 23.2 Å². The number of benzene rings is 2. The lowest BCUT2D eigenvalue weighted by Gasteiger charge is -2.11. The standard InChI is InChI=1S/C15H12Cl2F2N2O4S/c1-20-26(23,24)9-3-4-11(16)10(7-9)14(22)21-8-2-5-13(12(17)6-8)25-15(18)19/h2-7,15,20H,1H3,(H,21,22). The molecule has 0 atom stereocenters. The van der Waals surface area contributed by atoms with E-state index >= 15 is 0 Å². The summed E-state index contributed by atoms with van der Waals surface area (Å²) in [7, 11) is -2.53. The fourth-order valence-electron chi connectivity index (χ4n) is 1.93. The third-order valence-electron chi connectivity index (χ3n) is 3.17. The Hall–Kier alpha value is -1.94. The third-order valence-corrected chi connectivity index (χ3v) is 5.20. The Bertz CT molecular complexity index is 939. The number of halogens is 4. The molecular weight excluding hydrogens is 413 g/mol. The van der Waals surface area contributed by atoms with E-state index in [1.807, 2.05) is 0 Å². The number of hydrogen-bond donors (Lipinski definition) is 2. The van der Waals surface area contributed by atoms with E-state index in [2.05, 4.69) is 14.8 Å². The van der Waals surface area contributed by atoms with Crippen molar-refractivity contribution in [1.82, 2.24) is 4.72 Å². The summed E-state index contributed by atoms with van der Waals surface area (Å²) in [6.07, 6.45) is 0. The van der Waals surface area contributed by atoms with Gasteiger partial charge in [0.05, 0.1) is 20.5 Å². The Morgan fingerprint density at radius 3 is 2.38 bits per heavy atom. The van der Waals surface area contributed by atoms with Crippen molar-refractivity contribution in [3.8, 4) is 5.75 Å². The molecule has 0 saturated heterocycles. The SMILES string of the molecule is CNS(=O)(=O)c1ccc(Cl)c(C(=O)Nc2ccc(OC(F)F)c(Cl)c2)c1. The molecule has 0 unspecified atom stereocenters. The molecule has 0 spiro atoms. The zero-order valence-electron chi connectivity index (χ0n) is 13.1. The second-order valence-electron chi connectivity index (χ2n) is 4.83. The van der Waals surface area contributed by atoms with Gasteiger partial charge in [0.2, 0.25) is 10.0 Å². The molecule has 0 aliphatic heterocycles. The first-order valence-electron chi connectivity index (χ1n) is 6.93. The summed E-state index contributed by atoms with van der Waals surface area (Å²) in [6.45, 7) is -3.04. The van der Waals surface area contributed by atoms with Crippen LogP contribution in [0.25, 0.3) is 0 Å². The normalized spacial score (nSPS) is 11.5. The summed E-state index contributed by atoms with van der Waals surface area (Å²) < 4.78 is 54.4. The molecule has 2 N–H and O–H groups in total. The highest BCUT2D eigenvalue weighted by atomic mass is 35.5. The van der Waals surface area contributed by atoms with Crippen LogP contribution in [0, 0.1) is 0 Å². The average molecular weight is 425 g/mol. The fraction of sp³-hybridized carbons (Fsp3) is 0.133. The van der Waals surface area contributed by atoms with Gasteiger partial charge >= 0.3 is 6.61 Å². The van der Waals surface area contributed by atoms with Crippen LogP contribution in [0.4, 0.5) is 14.5 Å². The van der Waals surface area contributed by atoms with Crippen molar-refractivity contribution < 1.29 is 26.7 Å². The lowest BCUT2D eigenvalue weighted by Crippen LogP contribution is -2.20. The highest BCUT2D eigenvalue weighted by Crippen LogP contribution is 2.29. The summed E-state index contributed by atoms with van der Waals surface area (Å²) in [5, 5.41) is 2.34. The van der Waals surface area contributed by atoms with Gasteiger partial charge in [-0.1, -0.05) is 23.2 Å². The van der Waals surface area contributed by atoms with Gasteiger partial charge in [-0.2, -0.15) is 8.78 Å². The molecule has 6 nitrogen and oxygen atoms in total. The quantitative estimate of drug-likeness (QED) is 0.739. The van der Waals surface area contributed by atoms with Gasteiger partial charge in [-0.15, -0.1) is 0 Å². The number of rotatable bonds is 6. The van der Waals surface area contributed by atoms with E-state index in [0.717, 1.165) is 12.1 Å². The molecule has 0 saturated carbocycles. The van der Waals surface area contributed by atoms with Crippen LogP contribution in [0.3, 0.4) is 0 Å². The first-order valence-corrected chi connectivity index (χ1v) is 9.17. The number of amides is 1. The number of alkyl halides is 2. The molecule has 2 aromatic rings. The molecule has 0 aromatic heterocycles. The van der Waals surface area contributed by atoms with E-state index in [-0.39, 0.29) is 31.9 Å². The maximum atomic E-state index is 12.4. The van der Waals surface area contributed by atoms with Gasteiger partial charge in [0.15, 0.2) is 0 Å². The Morgan fingerprint density at radius 1 is 1.12 bits per heavy atom. The number of ether oxygens (including phenoxy) is 1. The first kappa shape index (κ1) is 20.4. The third kappa shape index (κ3) is 4.82. The minimum absolute atomic E-state index is 0.0290. The molecule has 0 fully saturated rings. The van der Waals surface area contributed by atoms with E-state index in [0.29, 0.717) is 0 Å². The zero-order valence-corrected chi connectivity index (χ0v) is 15.4.